The Kier molecular flexibility index (Phi) is 8.37. The molecule has 1 aliphatic rings. The number of carbonyl (C=O) groups is 1. The molecule has 2 amide bonds. The molecule has 7 N–H and O–H groups in total. The molecule has 0 saturated carbocycles. The Balaban J connectivity index is 1.48. The zero-order chi connectivity index (χ0) is 26.2. The van der Waals surface area contributed by atoms with E-state index in [2.05, 4.69) is 25.7 Å². The number of pyridine rings is 1. The maximum atomic E-state index is 13.0. The van der Waals surface area contributed by atoms with E-state index in [1.807, 2.05) is 31.2 Å². The van der Waals surface area contributed by atoms with E-state index in [9.17, 15) is 4.79 Å². The Morgan fingerprint density at radius 1 is 1.24 bits per heavy atom. The molecule has 2 atom stereocenters. The molecule has 2 unspecified atom stereocenters. The minimum Gasteiger partial charge on any atom is -0.484 e. The summed E-state index contributed by atoms with van der Waals surface area (Å²) in [5, 5.41) is 19.1. The number of benzene rings is 1. The third-order valence-corrected chi connectivity index (χ3v) is 5.95. The summed E-state index contributed by atoms with van der Waals surface area (Å²) in [4.78, 5) is 21.6. The van der Waals surface area contributed by atoms with Crippen molar-refractivity contribution < 1.29 is 14.6 Å². The van der Waals surface area contributed by atoms with Gasteiger partial charge >= 0.3 is 6.03 Å². The van der Waals surface area contributed by atoms with Crippen LogP contribution in [0.1, 0.15) is 49.5 Å². The number of allylic oxidation sites excluding steroid dienone is 1. The van der Waals surface area contributed by atoms with Crippen LogP contribution in [0.25, 0.3) is 0 Å². The van der Waals surface area contributed by atoms with Gasteiger partial charge < -0.3 is 26.6 Å². The summed E-state index contributed by atoms with van der Waals surface area (Å²) in [7, 11) is 0. The van der Waals surface area contributed by atoms with Gasteiger partial charge in [0, 0.05) is 5.70 Å². The number of hydrogen-bond acceptors (Lipinski definition) is 8. The molecular formula is C26H32N8O3. The Morgan fingerprint density at radius 2 is 2.05 bits per heavy atom. The summed E-state index contributed by atoms with van der Waals surface area (Å²) < 4.78 is 7.76. The van der Waals surface area contributed by atoms with E-state index in [0.29, 0.717) is 54.6 Å². The van der Waals surface area contributed by atoms with Gasteiger partial charge in [-0.25, -0.2) is 14.8 Å². The highest BCUT2D eigenvalue weighted by Gasteiger charge is 2.29. The smallest absolute Gasteiger partial charge is 0.320 e. The number of nitrogens with two attached hydrogens (primary N) is 2. The van der Waals surface area contributed by atoms with Gasteiger partial charge in [0.1, 0.15) is 29.2 Å². The standard InChI is InChI=1S/C26H32N8O3/c1-2-17(27)13-25(31-18-14-30-34(16-18)11-12-35)33-26(36)32-22-8-9-23(21-6-4-3-5-20(21)22)37-19-7-10-24(28)29-15-19/h3-7,10,13-16,22-23,35H,2,8-9,11-12,27H2,1H3,(H2,28,29)(H2,31,32,33,36). The second-order valence-corrected chi connectivity index (χ2v) is 8.64. The molecule has 1 aliphatic carbocycles. The van der Waals surface area contributed by atoms with Gasteiger partial charge in [0.25, 0.3) is 0 Å². The molecule has 0 aliphatic heterocycles. The fourth-order valence-electron chi connectivity index (χ4n) is 4.11. The van der Waals surface area contributed by atoms with Crippen molar-refractivity contribution in [2.24, 2.45) is 10.7 Å². The SMILES string of the molecule is CCC(N)=CC(=Nc1cnn(CCO)c1)NC(=O)NC1CCC(Oc2ccc(N)nc2)c2ccccc21. The molecule has 37 heavy (non-hydrogen) atoms. The Labute approximate surface area is 215 Å². The fourth-order valence-corrected chi connectivity index (χ4v) is 4.11. The predicted octanol–water partition coefficient (Wildman–Crippen LogP) is 3.09. The van der Waals surface area contributed by atoms with E-state index in [4.69, 9.17) is 21.3 Å². The number of amides is 2. The number of aliphatic hydroxyl groups is 1. The molecule has 2 aromatic heterocycles. The molecule has 0 fully saturated rings. The molecule has 0 spiro atoms. The second-order valence-electron chi connectivity index (χ2n) is 8.64. The van der Waals surface area contributed by atoms with Crippen LogP contribution >= 0.6 is 0 Å². The number of carbonyl (C=O) groups excluding carboxylic acids is 1. The van der Waals surface area contributed by atoms with Crippen molar-refractivity contribution >= 4 is 23.4 Å². The summed E-state index contributed by atoms with van der Waals surface area (Å²) >= 11 is 0. The van der Waals surface area contributed by atoms with Crippen LogP contribution in [0.3, 0.4) is 0 Å². The lowest BCUT2D eigenvalue weighted by Gasteiger charge is -2.32. The van der Waals surface area contributed by atoms with Crippen molar-refractivity contribution in [1.82, 2.24) is 25.4 Å². The van der Waals surface area contributed by atoms with Crippen LogP contribution in [0.15, 0.2) is 71.8 Å². The van der Waals surface area contributed by atoms with Crippen LogP contribution < -0.4 is 26.8 Å². The molecule has 0 radical (unpaired) electrons. The van der Waals surface area contributed by atoms with Crippen molar-refractivity contribution in [2.45, 2.75) is 44.9 Å². The summed E-state index contributed by atoms with van der Waals surface area (Å²) in [5.74, 6) is 1.37. The zero-order valence-corrected chi connectivity index (χ0v) is 20.7. The molecule has 2 heterocycles. The first-order valence-electron chi connectivity index (χ1n) is 12.2. The minimum atomic E-state index is -0.399. The third kappa shape index (κ3) is 6.85. The molecule has 11 nitrogen and oxygen atoms in total. The van der Waals surface area contributed by atoms with Crippen molar-refractivity contribution in [3.63, 3.8) is 0 Å². The van der Waals surface area contributed by atoms with E-state index in [-0.39, 0.29) is 18.8 Å². The lowest BCUT2D eigenvalue weighted by atomic mass is 9.85. The molecule has 3 aromatic rings. The normalized spacial score (nSPS) is 17.7. The number of nitrogen functional groups attached to an aromatic ring is 1. The monoisotopic (exact) mass is 504 g/mol. The maximum Gasteiger partial charge on any atom is 0.320 e. The van der Waals surface area contributed by atoms with Gasteiger partial charge in [0.05, 0.1) is 37.8 Å². The van der Waals surface area contributed by atoms with Crippen molar-refractivity contribution in [3.8, 4) is 5.75 Å². The van der Waals surface area contributed by atoms with Crippen LogP contribution in [0.2, 0.25) is 0 Å². The predicted molar refractivity (Wildman–Crippen MR) is 141 cm³/mol. The highest BCUT2D eigenvalue weighted by molar-refractivity contribution is 6.05. The third-order valence-electron chi connectivity index (χ3n) is 5.95. The molecule has 0 saturated heterocycles. The zero-order valence-electron chi connectivity index (χ0n) is 20.7. The number of anilines is 1. The number of aliphatic hydroxyl groups excluding tert-OH is 1. The maximum absolute atomic E-state index is 13.0. The molecule has 11 heteroatoms. The number of amidine groups is 1. The average molecular weight is 505 g/mol. The number of nitrogens with zero attached hydrogens (tertiary/aromatic N) is 4. The average Bonchev–Trinajstić information content (AvgIpc) is 3.33. The first-order chi connectivity index (χ1) is 17.9. The van der Waals surface area contributed by atoms with Crippen LogP contribution in [0.5, 0.6) is 5.75 Å². The number of nitrogens with one attached hydrogen (secondary N) is 2. The van der Waals surface area contributed by atoms with Gasteiger partial charge in [-0.15, -0.1) is 0 Å². The first-order valence-corrected chi connectivity index (χ1v) is 12.2. The molecule has 194 valence electrons. The van der Waals surface area contributed by atoms with E-state index in [1.165, 1.54) is 0 Å². The van der Waals surface area contributed by atoms with Crippen LogP contribution in [-0.4, -0.2) is 38.3 Å². The van der Waals surface area contributed by atoms with Crippen LogP contribution in [-0.2, 0) is 6.54 Å². The van der Waals surface area contributed by atoms with Gasteiger partial charge in [0.2, 0.25) is 0 Å². The Hall–Kier alpha value is -4.38. The lowest BCUT2D eigenvalue weighted by Crippen LogP contribution is -2.42. The van der Waals surface area contributed by atoms with Crippen LogP contribution in [0.4, 0.5) is 16.3 Å². The number of aliphatic imine (C=N–C) groups is 1. The Morgan fingerprint density at radius 3 is 2.78 bits per heavy atom. The largest absolute Gasteiger partial charge is 0.484 e. The van der Waals surface area contributed by atoms with Gasteiger partial charge in [0.15, 0.2) is 0 Å². The number of hydrogen-bond donors (Lipinski definition) is 5. The first kappa shape index (κ1) is 25.7. The highest BCUT2D eigenvalue weighted by Crippen LogP contribution is 2.38. The van der Waals surface area contributed by atoms with E-state index >= 15 is 0 Å². The fraction of sp³-hybridized carbons (Fsp3) is 0.308. The van der Waals surface area contributed by atoms with E-state index in [0.717, 1.165) is 11.1 Å². The van der Waals surface area contributed by atoms with Gasteiger partial charge in [-0.2, -0.15) is 5.10 Å². The second kappa shape index (κ2) is 12.0. The number of urea groups is 1. The molecule has 4 rings (SSSR count). The van der Waals surface area contributed by atoms with Crippen molar-refractivity contribution in [3.05, 3.63) is 77.9 Å². The highest BCUT2D eigenvalue weighted by atomic mass is 16.5. The molecule has 1 aromatic carbocycles. The van der Waals surface area contributed by atoms with Gasteiger partial charge in [-0.1, -0.05) is 31.2 Å². The van der Waals surface area contributed by atoms with Gasteiger partial charge in [-0.05, 0) is 48.6 Å². The van der Waals surface area contributed by atoms with E-state index < -0.39 is 6.03 Å². The van der Waals surface area contributed by atoms with E-state index in [1.54, 1.807) is 41.5 Å². The number of rotatable bonds is 8. The quantitative estimate of drug-likeness (QED) is 0.232. The number of ether oxygens (including phenoxy) is 1. The topological polar surface area (TPSA) is 166 Å². The summed E-state index contributed by atoms with van der Waals surface area (Å²) in [6.45, 7) is 2.24. The summed E-state index contributed by atoms with van der Waals surface area (Å²) in [5.41, 5.74) is 14.8. The number of fused-ring (bicyclic) bond motifs is 1. The summed E-state index contributed by atoms with van der Waals surface area (Å²) in [6, 6.07) is 10.8. The van der Waals surface area contributed by atoms with Gasteiger partial charge in [-0.3, -0.25) is 10.00 Å². The molecular weight excluding hydrogens is 472 g/mol. The van der Waals surface area contributed by atoms with Crippen molar-refractivity contribution in [2.75, 3.05) is 12.3 Å². The molecule has 0 bridgehead atoms. The lowest BCUT2D eigenvalue weighted by molar-refractivity contribution is 0.171. The summed E-state index contributed by atoms with van der Waals surface area (Å²) in [6.07, 6.45) is 8.31. The van der Waals surface area contributed by atoms with Crippen LogP contribution in [0, 0.1) is 0 Å². The number of aromatic nitrogens is 3. The van der Waals surface area contributed by atoms with Crippen molar-refractivity contribution in [1.29, 1.82) is 0 Å². The minimum absolute atomic E-state index is 0.0351. The Bertz CT molecular complexity index is 1270.